The predicted molar refractivity (Wildman–Crippen MR) is 106 cm³/mol. The van der Waals surface area contributed by atoms with Gasteiger partial charge < -0.3 is 19.9 Å². The summed E-state index contributed by atoms with van der Waals surface area (Å²) in [5.41, 5.74) is 0.471. The predicted octanol–water partition coefficient (Wildman–Crippen LogP) is 2.28. The molecule has 0 aromatic carbocycles. The number of rotatable bonds is 5. The van der Waals surface area contributed by atoms with E-state index in [0.29, 0.717) is 24.5 Å². The Labute approximate surface area is 175 Å². The third kappa shape index (κ3) is 3.82. The van der Waals surface area contributed by atoms with Gasteiger partial charge in [-0.3, -0.25) is 14.4 Å². The van der Waals surface area contributed by atoms with E-state index in [-0.39, 0.29) is 21.5 Å². The van der Waals surface area contributed by atoms with Crippen molar-refractivity contribution in [3.05, 3.63) is 45.2 Å². The minimum Gasteiger partial charge on any atom is -0.376 e. The normalized spacial score (nSPS) is 14.8. The first kappa shape index (κ1) is 21.1. The fraction of sp³-hybridized carbons (Fsp3) is 0.368. The van der Waals surface area contributed by atoms with Crippen molar-refractivity contribution in [3.63, 3.8) is 0 Å². The average molecular weight is 467 g/mol. The molecular weight excluding hydrogens is 447 g/mol. The van der Waals surface area contributed by atoms with Gasteiger partial charge in [0, 0.05) is 18.9 Å². The quantitative estimate of drug-likeness (QED) is 0.399. The van der Waals surface area contributed by atoms with Gasteiger partial charge in [-0.2, -0.15) is 0 Å². The molecule has 2 aromatic rings. The standard InChI is InChI=1S/C19H20BrFN4O4/c1-9-12(15(26)18(28)24-19(3)7-29-8-19)10(2)25(4)14(9)17(27)23-11-5-6-22-16(20)13(11)21/h5-6H,7-8H2,1-4H3,(H,24,28)(H,22,23,27). The molecule has 154 valence electrons. The molecular formula is C19H20BrFN4O4. The topological polar surface area (TPSA) is 102 Å². The van der Waals surface area contributed by atoms with Crippen molar-refractivity contribution in [2.24, 2.45) is 7.05 Å². The molecule has 0 spiro atoms. The second kappa shape index (κ2) is 7.68. The number of nitrogens with zero attached hydrogens (tertiary/aromatic N) is 2. The maximum absolute atomic E-state index is 14.1. The minimum absolute atomic E-state index is 0.0314. The SMILES string of the molecule is Cc1c(C(=O)C(=O)NC2(C)COC2)c(C)n(C)c1C(=O)Nc1ccnc(Br)c1F. The fourth-order valence-electron chi connectivity index (χ4n) is 3.25. The lowest BCUT2D eigenvalue weighted by Gasteiger charge is -2.38. The molecule has 1 saturated heterocycles. The van der Waals surface area contributed by atoms with Crippen LogP contribution in [-0.4, -0.2) is 45.9 Å². The van der Waals surface area contributed by atoms with Crippen molar-refractivity contribution in [3.8, 4) is 0 Å². The Hall–Kier alpha value is -2.59. The van der Waals surface area contributed by atoms with E-state index < -0.39 is 29.0 Å². The van der Waals surface area contributed by atoms with Gasteiger partial charge in [0.15, 0.2) is 5.82 Å². The van der Waals surface area contributed by atoms with E-state index in [1.807, 2.05) is 0 Å². The largest absolute Gasteiger partial charge is 0.376 e. The van der Waals surface area contributed by atoms with Crippen molar-refractivity contribution < 1.29 is 23.5 Å². The number of aromatic nitrogens is 2. The Balaban J connectivity index is 1.89. The summed E-state index contributed by atoms with van der Waals surface area (Å²) < 4.78 is 20.7. The number of anilines is 1. The smallest absolute Gasteiger partial charge is 0.293 e. The van der Waals surface area contributed by atoms with Gasteiger partial charge in [-0.25, -0.2) is 9.37 Å². The third-order valence-electron chi connectivity index (χ3n) is 4.93. The van der Waals surface area contributed by atoms with Gasteiger partial charge >= 0.3 is 0 Å². The summed E-state index contributed by atoms with van der Waals surface area (Å²) >= 11 is 2.97. The molecule has 0 saturated carbocycles. The number of carbonyl (C=O) groups is 3. The lowest BCUT2D eigenvalue weighted by Crippen LogP contribution is -2.61. The van der Waals surface area contributed by atoms with Crippen LogP contribution >= 0.6 is 15.9 Å². The summed E-state index contributed by atoms with van der Waals surface area (Å²) in [6.45, 7) is 5.67. The van der Waals surface area contributed by atoms with Crippen LogP contribution in [0.2, 0.25) is 0 Å². The van der Waals surface area contributed by atoms with Gasteiger partial charge in [0.2, 0.25) is 0 Å². The molecule has 0 bridgehead atoms. The zero-order valence-electron chi connectivity index (χ0n) is 16.4. The number of amides is 2. The lowest BCUT2D eigenvalue weighted by molar-refractivity contribution is -0.126. The third-order valence-corrected chi connectivity index (χ3v) is 5.48. The first-order chi connectivity index (χ1) is 13.6. The Kier molecular flexibility index (Phi) is 5.59. The maximum atomic E-state index is 14.1. The van der Waals surface area contributed by atoms with Crippen LogP contribution in [0.4, 0.5) is 10.1 Å². The van der Waals surface area contributed by atoms with Crippen molar-refractivity contribution in [2.75, 3.05) is 18.5 Å². The summed E-state index contributed by atoms with van der Waals surface area (Å²) in [5, 5.41) is 5.15. The number of Topliss-reactive ketones (excluding diaryl/α,β-unsaturated/α-hetero) is 1. The van der Waals surface area contributed by atoms with E-state index in [1.54, 1.807) is 27.8 Å². The van der Waals surface area contributed by atoms with Gasteiger partial charge in [0.25, 0.3) is 17.6 Å². The molecule has 1 aliphatic rings. The summed E-state index contributed by atoms with van der Waals surface area (Å²) in [6.07, 6.45) is 1.34. The van der Waals surface area contributed by atoms with Gasteiger partial charge in [0.05, 0.1) is 30.0 Å². The first-order valence-electron chi connectivity index (χ1n) is 8.77. The van der Waals surface area contributed by atoms with E-state index in [1.165, 1.54) is 16.8 Å². The number of carbonyl (C=O) groups excluding carboxylic acids is 3. The number of ketones is 1. The molecule has 0 atom stereocenters. The van der Waals surface area contributed by atoms with Gasteiger partial charge in [-0.05, 0) is 48.3 Å². The van der Waals surface area contributed by atoms with Gasteiger partial charge in [0.1, 0.15) is 10.3 Å². The average Bonchev–Trinajstić information content (AvgIpc) is 2.86. The Bertz CT molecular complexity index is 1030. The number of nitrogens with one attached hydrogen (secondary N) is 2. The molecule has 0 aliphatic carbocycles. The second-order valence-electron chi connectivity index (χ2n) is 7.25. The summed E-state index contributed by atoms with van der Waals surface area (Å²) in [4.78, 5) is 41.8. The van der Waals surface area contributed by atoms with Crippen LogP contribution in [0.5, 0.6) is 0 Å². The number of pyridine rings is 1. The molecule has 0 unspecified atom stereocenters. The molecule has 1 aliphatic heterocycles. The molecule has 2 amide bonds. The number of halogens is 2. The second-order valence-corrected chi connectivity index (χ2v) is 8.00. The molecule has 10 heteroatoms. The molecule has 2 N–H and O–H groups in total. The van der Waals surface area contributed by atoms with Crippen LogP contribution in [0.15, 0.2) is 16.9 Å². The van der Waals surface area contributed by atoms with Crippen LogP contribution in [0, 0.1) is 19.7 Å². The molecule has 8 nitrogen and oxygen atoms in total. The zero-order chi connectivity index (χ0) is 21.5. The van der Waals surface area contributed by atoms with Crippen LogP contribution < -0.4 is 10.6 Å². The maximum Gasteiger partial charge on any atom is 0.293 e. The zero-order valence-corrected chi connectivity index (χ0v) is 17.9. The van der Waals surface area contributed by atoms with Crippen molar-refractivity contribution >= 4 is 39.2 Å². The van der Waals surface area contributed by atoms with Crippen LogP contribution in [0.3, 0.4) is 0 Å². The molecule has 2 aromatic heterocycles. The van der Waals surface area contributed by atoms with E-state index in [2.05, 4.69) is 31.5 Å². The van der Waals surface area contributed by atoms with E-state index in [9.17, 15) is 18.8 Å². The molecule has 3 heterocycles. The molecule has 1 fully saturated rings. The van der Waals surface area contributed by atoms with E-state index >= 15 is 0 Å². The number of hydrogen-bond donors (Lipinski definition) is 2. The number of hydrogen-bond acceptors (Lipinski definition) is 5. The van der Waals surface area contributed by atoms with Crippen LogP contribution in [0.25, 0.3) is 0 Å². The highest BCUT2D eigenvalue weighted by Gasteiger charge is 2.38. The fourth-order valence-corrected chi connectivity index (χ4v) is 3.59. The monoisotopic (exact) mass is 466 g/mol. The Morgan fingerprint density at radius 1 is 1.31 bits per heavy atom. The summed E-state index contributed by atoms with van der Waals surface area (Å²) in [7, 11) is 1.60. The van der Waals surface area contributed by atoms with Crippen molar-refractivity contribution in [2.45, 2.75) is 26.3 Å². The molecule has 0 radical (unpaired) electrons. The van der Waals surface area contributed by atoms with E-state index in [4.69, 9.17) is 4.74 Å². The summed E-state index contributed by atoms with van der Waals surface area (Å²) in [6, 6.07) is 1.32. The lowest BCUT2D eigenvalue weighted by atomic mass is 9.99. The van der Waals surface area contributed by atoms with Gasteiger partial charge in [-0.1, -0.05) is 0 Å². The first-order valence-corrected chi connectivity index (χ1v) is 9.57. The highest BCUT2D eigenvalue weighted by atomic mass is 79.9. The number of ether oxygens (including phenoxy) is 1. The molecule has 29 heavy (non-hydrogen) atoms. The van der Waals surface area contributed by atoms with Crippen molar-refractivity contribution in [1.29, 1.82) is 0 Å². The highest BCUT2D eigenvalue weighted by molar-refractivity contribution is 9.10. The Morgan fingerprint density at radius 2 is 1.97 bits per heavy atom. The van der Waals surface area contributed by atoms with Crippen LogP contribution in [-0.2, 0) is 16.6 Å². The Morgan fingerprint density at radius 3 is 2.55 bits per heavy atom. The minimum atomic E-state index is -0.760. The summed E-state index contributed by atoms with van der Waals surface area (Å²) in [5.74, 6) is -2.82. The highest BCUT2D eigenvalue weighted by Crippen LogP contribution is 2.25. The molecule has 3 rings (SSSR count). The van der Waals surface area contributed by atoms with E-state index in [0.717, 1.165) is 0 Å². The van der Waals surface area contributed by atoms with Crippen LogP contribution in [0.1, 0.15) is 39.0 Å². The van der Waals surface area contributed by atoms with Gasteiger partial charge in [-0.15, -0.1) is 0 Å². The van der Waals surface area contributed by atoms with Crippen molar-refractivity contribution in [1.82, 2.24) is 14.9 Å².